The van der Waals surface area contributed by atoms with Crippen molar-refractivity contribution in [1.29, 1.82) is 0 Å². The van der Waals surface area contributed by atoms with E-state index in [-0.39, 0.29) is 12.2 Å². The molecule has 2 aromatic carbocycles. The van der Waals surface area contributed by atoms with Crippen molar-refractivity contribution in [2.75, 3.05) is 13.7 Å². The van der Waals surface area contributed by atoms with Crippen molar-refractivity contribution in [2.24, 2.45) is 4.99 Å². The molecule has 0 saturated carbocycles. The molecule has 5 rings (SSSR count). The molecule has 192 valence electrons. The third-order valence-electron chi connectivity index (χ3n) is 6.01. The average Bonchev–Trinajstić information content (AvgIpc) is 3.51. The highest BCUT2D eigenvalue weighted by Crippen LogP contribution is 2.32. The summed E-state index contributed by atoms with van der Waals surface area (Å²) in [7, 11) is 1.58. The monoisotopic (exact) mass is 590 g/mol. The van der Waals surface area contributed by atoms with E-state index in [9.17, 15) is 9.59 Å². The zero-order chi connectivity index (χ0) is 26.8. The number of methoxy groups -OCH3 is 1. The minimum atomic E-state index is -0.717. The summed E-state index contributed by atoms with van der Waals surface area (Å²) in [4.78, 5) is 31.9. The Balaban J connectivity index is 1.62. The van der Waals surface area contributed by atoms with Crippen LogP contribution in [0, 0.1) is 0 Å². The molecule has 0 bridgehead atoms. The molecule has 0 saturated heterocycles. The number of halogens is 1. The second kappa shape index (κ2) is 10.8. The van der Waals surface area contributed by atoms with Gasteiger partial charge in [0.2, 0.25) is 0 Å². The molecule has 0 radical (unpaired) electrons. The topological polar surface area (TPSA) is 83.0 Å². The second-order valence-electron chi connectivity index (χ2n) is 8.45. The highest BCUT2D eigenvalue weighted by molar-refractivity contribution is 9.10. The van der Waals surface area contributed by atoms with E-state index in [1.165, 1.54) is 22.0 Å². The highest BCUT2D eigenvalue weighted by Gasteiger charge is 2.33. The number of rotatable bonds is 7. The van der Waals surface area contributed by atoms with Crippen molar-refractivity contribution in [3.8, 4) is 17.1 Å². The molecule has 0 aliphatic carbocycles. The number of hydrogen-bond donors (Lipinski definition) is 0. The fraction of sp³-hybridized carbons (Fsp3) is 0.138. The fourth-order valence-electron chi connectivity index (χ4n) is 4.25. The Kier molecular flexibility index (Phi) is 7.31. The van der Waals surface area contributed by atoms with Crippen LogP contribution >= 0.6 is 27.3 Å². The number of thiazole rings is 1. The summed E-state index contributed by atoms with van der Waals surface area (Å²) in [6.45, 7) is 5.41. The van der Waals surface area contributed by atoms with Gasteiger partial charge in [0, 0.05) is 16.1 Å². The number of aromatic nitrogens is 1. The lowest BCUT2D eigenvalue weighted by Gasteiger charge is -2.24. The number of benzene rings is 2. The zero-order valence-electron chi connectivity index (χ0n) is 20.6. The van der Waals surface area contributed by atoms with Gasteiger partial charge in [-0.3, -0.25) is 9.36 Å². The number of carbonyl (C=O) groups is 1. The van der Waals surface area contributed by atoms with E-state index in [1.54, 1.807) is 32.2 Å². The summed E-state index contributed by atoms with van der Waals surface area (Å²) in [6, 6.07) is 18.0. The van der Waals surface area contributed by atoms with E-state index >= 15 is 0 Å². The Morgan fingerprint density at radius 2 is 2.00 bits per heavy atom. The first kappa shape index (κ1) is 25.7. The maximum Gasteiger partial charge on any atom is 0.338 e. The van der Waals surface area contributed by atoms with E-state index in [0.717, 1.165) is 15.6 Å². The number of ether oxygens (including phenoxy) is 2. The highest BCUT2D eigenvalue weighted by atomic mass is 79.9. The van der Waals surface area contributed by atoms with Crippen LogP contribution in [-0.4, -0.2) is 24.3 Å². The Labute approximate surface area is 230 Å². The van der Waals surface area contributed by atoms with Gasteiger partial charge < -0.3 is 13.9 Å². The second-order valence-corrected chi connectivity index (χ2v) is 10.4. The van der Waals surface area contributed by atoms with Gasteiger partial charge in [-0.2, -0.15) is 0 Å². The first-order valence-corrected chi connectivity index (χ1v) is 13.3. The van der Waals surface area contributed by atoms with Crippen LogP contribution in [0.4, 0.5) is 0 Å². The minimum Gasteiger partial charge on any atom is -0.497 e. The number of nitrogens with zero attached hydrogens (tertiary/aromatic N) is 2. The van der Waals surface area contributed by atoms with Crippen molar-refractivity contribution in [3.63, 3.8) is 0 Å². The van der Waals surface area contributed by atoms with Gasteiger partial charge >= 0.3 is 5.97 Å². The average molecular weight is 591 g/mol. The Hall–Kier alpha value is -3.95. The molecule has 9 heteroatoms. The molecule has 1 unspecified atom stereocenters. The van der Waals surface area contributed by atoms with Gasteiger partial charge in [0.25, 0.3) is 5.56 Å². The van der Waals surface area contributed by atoms with Crippen molar-refractivity contribution in [2.45, 2.75) is 13.0 Å². The van der Waals surface area contributed by atoms with Crippen molar-refractivity contribution in [1.82, 2.24) is 4.57 Å². The van der Waals surface area contributed by atoms with Crippen LogP contribution in [0.3, 0.4) is 0 Å². The van der Waals surface area contributed by atoms with Crippen molar-refractivity contribution < 1.29 is 18.7 Å². The normalized spacial score (nSPS) is 15.1. The SMILES string of the molecule is C=CCOC(=O)C1=C(C)N=c2s/c(=C\c3ccc(-c4cccc(Br)c4)o3)c(=O)n2C1c1ccc(OC)cc1. The molecule has 1 atom stereocenters. The number of hydrogen-bond acceptors (Lipinski definition) is 7. The fourth-order valence-corrected chi connectivity index (χ4v) is 5.68. The standard InChI is InChI=1S/C29H23BrN2O5S/c1-4-14-36-28(34)25-17(2)31-29-32(26(25)18-8-10-21(35-3)11-9-18)27(33)24(38-29)16-22-12-13-23(37-22)19-6-5-7-20(30)15-19/h4-13,15-16,26H,1,14H2,2-3H3/b24-16-. The van der Waals surface area contributed by atoms with Gasteiger partial charge in [-0.05, 0) is 48.9 Å². The van der Waals surface area contributed by atoms with E-state index in [2.05, 4.69) is 27.5 Å². The van der Waals surface area contributed by atoms with Gasteiger partial charge in [-0.1, -0.05) is 64.2 Å². The Bertz CT molecular complexity index is 1740. The van der Waals surface area contributed by atoms with Crippen LogP contribution in [0.15, 0.2) is 103 Å². The molecule has 0 amide bonds. The smallest absolute Gasteiger partial charge is 0.338 e. The number of esters is 1. The van der Waals surface area contributed by atoms with E-state index < -0.39 is 12.0 Å². The van der Waals surface area contributed by atoms with Crippen molar-refractivity contribution in [3.05, 3.63) is 120 Å². The number of allylic oxidation sites excluding steroid dienone is 1. The molecule has 1 aliphatic rings. The van der Waals surface area contributed by atoms with Gasteiger partial charge in [-0.25, -0.2) is 9.79 Å². The summed E-state index contributed by atoms with van der Waals surface area (Å²) in [5.41, 5.74) is 2.15. The molecule has 38 heavy (non-hydrogen) atoms. The van der Waals surface area contributed by atoms with Crippen LogP contribution in [-0.2, 0) is 9.53 Å². The predicted molar refractivity (Wildman–Crippen MR) is 150 cm³/mol. The molecule has 7 nitrogen and oxygen atoms in total. The first-order chi connectivity index (χ1) is 18.4. The quantitative estimate of drug-likeness (QED) is 0.223. The van der Waals surface area contributed by atoms with Crippen LogP contribution in [0.2, 0.25) is 0 Å². The lowest BCUT2D eigenvalue weighted by molar-refractivity contribution is -0.138. The molecule has 0 spiro atoms. The van der Waals surface area contributed by atoms with Crippen molar-refractivity contribution >= 4 is 39.3 Å². The van der Waals surface area contributed by atoms with E-state index in [0.29, 0.717) is 37.9 Å². The maximum atomic E-state index is 13.8. The molecule has 1 aliphatic heterocycles. The summed E-state index contributed by atoms with van der Waals surface area (Å²) in [5.74, 6) is 1.33. The van der Waals surface area contributed by atoms with Crippen LogP contribution < -0.4 is 19.6 Å². The Morgan fingerprint density at radius 1 is 1.21 bits per heavy atom. The number of fused-ring (bicyclic) bond motifs is 1. The molecule has 0 N–H and O–H groups in total. The lowest BCUT2D eigenvalue weighted by Crippen LogP contribution is -2.39. The molecule has 0 fully saturated rings. The lowest BCUT2D eigenvalue weighted by atomic mass is 9.96. The molecular weight excluding hydrogens is 568 g/mol. The number of furan rings is 1. The largest absolute Gasteiger partial charge is 0.497 e. The van der Waals surface area contributed by atoms with Gasteiger partial charge in [0.05, 0.1) is 29.0 Å². The van der Waals surface area contributed by atoms with Crippen LogP contribution in [0.25, 0.3) is 17.4 Å². The summed E-state index contributed by atoms with van der Waals surface area (Å²) < 4.78 is 19.6. The minimum absolute atomic E-state index is 0.0498. The van der Waals surface area contributed by atoms with E-state index in [1.807, 2.05) is 48.5 Å². The number of carbonyl (C=O) groups excluding carboxylic acids is 1. The van der Waals surface area contributed by atoms with Crippen LogP contribution in [0.1, 0.15) is 24.3 Å². The van der Waals surface area contributed by atoms with Crippen LogP contribution in [0.5, 0.6) is 5.75 Å². The third kappa shape index (κ3) is 4.94. The molecular formula is C29H23BrN2O5S. The van der Waals surface area contributed by atoms with Gasteiger partial charge in [-0.15, -0.1) is 0 Å². The van der Waals surface area contributed by atoms with Gasteiger partial charge in [0.15, 0.2) is 4.80 Å². The zero-order valence-corrected chi connectivity index (χ0v) is 23.0. The Morgan fingerprint density at radius 3 is 2.71 bits per heavy atom. The summed E-state index contributed by atoms with van der Waals surface area (Å²) >= 11 is 4.72. The maximum absolute atomic E-state index is 13.8. The predicted octanol–water partition coefficient (Wildman–Crippen LogP) is 5.00. The summed E-state index contributed by atoms with van der Waals surface area (Å²) in [6.07, 6.45) is 3.20. The molecule has 3 heterocycles. The molecule has 4 aromatic rings. The summed E-state index contributed by atoms with van der Waals surface area (Å²) in [5, 5.41) is 0. The van der Waals surface area contributed by atoms with Gasteiger partial charge in [0.1, 0.15) is 23.9 Å². The first-order valence-electron chi connectivity index (χ1n) is 11.7. The third-order valence-corrected chi connectivity index (χ3v) is 7.49. The van der Waals surface area contributed by atoms with E-state index in [4.69, 9.17) is 13.9 Å². The molecule has 2 aromatic heterocycles.